The molecule has 0 N–H and O–H groups in total. The quantitative estimate of drug-likeness (QED) is 0.286. The summed E-state index contributed by atoms with van der Waals surface area (Å²) in [5, 5.41) is 19.7. The van der Waals surface area contributed by atoms with Crippen molar-refractivity contribution in [3.63, 3.8) is 0 Å². The summed E-state index contributed by atoms with van der Waals surface area (Å²) in [5.74, 6) is 0. The molecule has 1 heterocycles. The van der Waals surface area contributed by atoms with E-state index in [9.17, 15) is 10.1 Å². The number of nitro groups is 1. The number of hydrogen-bond acceptors (Lipinski definition) is 4. The van der Waals surface area contributed by atoms with Gasteiger partial charge in [0, 0.05) is 29.8 Å². The highest BCUT2D eigenvalue weighted by Gasteiger charge is 2.17. The first-order chi connectivity index (χ1) is 13.2. The normalized spacial score (nSPS) is 10.9. The molecule has 0 aliphatic heterocycles. The Kier molecular flexibility index (Phi) is 6.30. The van der Waals surface area contributed by atoms with Crippen LogP contribution in [-0.2, 0) is 6.54 Å². The van der Waals surface area contributed by atoms with Crippen molar-refractivity contribution in [2.45, 2.75) is 45.6 Å². The minimum absolute atomic E-state index is 0.0820. The number of aryl methyl sites for hydroxylation is 1. The van der Waals surface area contributed by atoms with Crippen LogP contribution in [0.15, 0.2) is 54.6 Å². The van der Waals surface area contributed by atoms with Gasteiger partial charge in [-0.15, -0.1) is 5.10 Å². The van der Waals surface area contributed by atoms with Crippen molar-refractivity contribution in [2.24, 2.45) is 0 Å². The van der Waals surface area contributed by atoms with E-state index >= 15 is 0 Å². The summed E-state index contributed by atoms with van der Waals surface area (Å²) >= 11 is 0. The molecule has 140 valence electrons. The van der Waals surface area contributed by atoms with Gasteiger partial charge in [-0.2, -0.15) is 0 Å². The molecule has 0 aliphatic rings. The largest absolute Gasteiger partial charge is 0.269 e. The van der Waals surface area contributed by atoms with Crippen molar-refractivity contribution < 1.29 is 4.92 Å². The number of nitrogens with zero attached hydrogens (tertiary/aromatic N) is 4. The summed E-state index contributed by atoms with van der Waals surface area (Å²) < 4.78 is 1.93. The highest BCUT2D eigenvalue weighted by molar-refractivity contribution is 5.78. The first-order valence-electron chi connectivity index (χ1n) is 9.44. The van der Waals surface area contributed by atoms with Gasteiger partial charge in [-0.3, -0.25) is 10.1 Å². The lowest BCUT2D eigenvalue weighted by atomic mass is 10.0. The van der Waals surface area contributed by atoms with Crippen molar-refractivity contribution in [3.05, 3.63) is 64.7 Å². The van der Waals surface area contributed by atoms with Crippen LogP contribution >= 0.6 is 0 Å². The topological polar surface area (TPSA) is 73.8 Å². The van der Waals surface area contributed by atoms with Crippen LogP contribution in [-0.4, -0.2) is 19.9 Å². The van der Waals surface area contributed by atoms with Gasteiger partial charge in [0.05, 0.1) is 10.6 Å². The van der Waals surface area contributed by atoms with Gasteiger partial charge in [0.2, 0.25) is 0 Å². The third-order valence-electron chi connectivity index (χ3n) is 4.61. The molecule has 0 atom stereocenters. The minimum atomic E-state index is -0.384. The van der Waals surface area contributed by atoms with E-state index in [4.69, 9.17) is 0 Å². The second kappa shape index (κ2) is 9.07. The smallest absolute Gasteiger partial charge is 0.258 e. The van der Waals surface area contributed by atoms with E-state index in [1.54, 1.807) is 12.1 Å². The summed E-state index contributed by atoms with van der Waals surface area (Å²) in [7, 11) is 0. The van der Waals surface area contributed by atoms with E-state index in [0.717, 1.165) is 41.9 Å². The Hall–Kier alpha value is -3.02. The van der Waals surface area contributed by atoms with Gasteiger partial charge in [-0.05, 0) is 18.6 Å². The van der Waals surface area contributed by atoms with E-state index in [2.05, 4.69) is 17.2 Å². The molecular formula is C21H24N4O2. The van der Waals surface area contributed by atoms with Crippen LogP contribution in [0.3, 0.4) is 0 Å². The lowest BCUT2D eigenvalue weighted by Crippen LogP contribution is -2.03. The third-order valence-corrected chi connectivity index (χ3v) is 4.61. The lowest BCUT2D eigenvalue weighted by Gasteiger charge is -2.09. The molecule has 1 aromatic heterocycles. The van der Waals surface area contributed by atoms with Crippen molar-refractivity contribution >= 4 is 5.69 Å². The summed E-state index contributed by atoms with van der Waals surface area (Å²) in [4.78, 5) is 10.6. The van der Waals surface area contributed by atoms with Crippen LogP contribution in [0.2, 0.25) is 0 Å². The van der Waals surface area contributed by atoms with Gasteiger partial charge in [0.15, 0.2) is 0 Å². The van der Waals surface area contributed by atoms with Gasteiger partial charge in [0.1, 0.15) is 5.69 Å². The summed E-state index contributed by atoms with van der Waals surface area (Å²) in [6, 6.07) is 16.5. The number of unbranched alkanes of at least 4 members (excludes halogenated alkanes) is 4. The molecular weight excluding hydrogens is 340 g/mol. The maximum Gasteiger partial charge on any atom is 0.269 e. The maximum absolute atomic E-state index is 11.0. The predicted molar refractivity (Wildman–Crippen MR) is 106 cm³/mol. The summed E-state index contributed by atoms with van der Waals surface area (Å²) in [5.41, 5.74) is 3.67. The summed E-state index contributed by atoms with van der Waals surface area (Å²) in [6.07, 6.45) is 5.90. The average Bonchev–Trinajstić information content (AvgIpc) is 3.12. The highest BCUT2D eigenvalue weighted by Crippen LogP contribution is 2.31. The van der Waals surface area contributed by atoms with Crippen LogP contribution in [0.25, 0.3) is 22.5 Å². The molecule has 0 saturated heterocycles. The second-order valence-electron chi connectivity index (χ2n) is 6.59. The van der Waals surface area contributed by atoms with E-state index < -0.39 is 0 Å². The van der Waals surface area contributed by atoms with Gasteiger partial charge >= 0.3 is 0 Å². The summed E-state index contributed by atoms with van der Waals surface area (Å²) in [6.45, 7) is 2.99. The van der Waals surface area contributed by atoms with E-state index in [1.807, 2.05) is 35.0 Å². The molecule has 2 aromatic carbocycles. The standard InChI is InChI=1S/C21H24N4O2/c1-2-3-4-5-9-16-24-21(18-12-14-19(15-13-18)25(26)27)20(22-23-24)17-10-7-6-8-11-17/h6-8,10-15H,2-5,9,16H2,1H3. The Morgan fingerprint density at radius 3 is 2.30 bits per heavy atom. The molecule has 0 aliphatic carbocycles. The van der Waals surface area contributed by atoms with Gasteiger partial charge in [0.25, 0.3) is 5.69 Å². The van der Waals surface area contributed by atoms with Crippen LogP contribution in [0, 0.1) is 10.1 Å². The van der Waals surface area contributed by atoms with Gasteiger partial charge in [-0.1, -0.05) is 68.2 Å². The Morgan fingerprint density at radius 2 is 1.63 bits per heavy atom. The van der Waals surface area contributed by atoms with E-state index in [0.29, 0.717) is 0 Å². The molecule has 3 aromatic rings. The third kappa shape index (κ3) is 4.58. The number of nitro benzene ring substituents is 1. The highest BCUT2D eigenvalue weighted by atomic mass is 16.6. The Morgan fingerprint density at radius 1 is 0.926 bits per heavy atom. The van der Waals surface area contributed by atoms with Crippen molar-refractivity contribution in [1.82, 2.24) is 15.0 Å². The molecule has 0 amide bonds. The van der Waals surface area contributed by atoms with Gasteiger partial charge in [-0.25, -0.2) is 4.68 Å². The number of rotatable bonds is 9. The maximum atomic E-state index is 11.0. The molecule has 3 rings (SSSR count). The number of aromatic nitrogens is 3. The van der Waals surface area contributed by atoms with Crippen molar-refractivity contribution in [2.75, 3.05) is 0 Å². The molecule has 0 radical (unpaired) electrons. The predicted octanol–water partition coefficient (Wildman–Crippen LogP) is 5.49. The van der Waals surface area contributed by atoms with Crippen LogP contribution in [0.1, 0.15) is 39.0 Å². The zero-order valence-corrected chi connectivity index (χ0v) is 15.5. The monoisotopic (exact) mass is 364 g/mol. The fourth-order valence-corrected chi connectivity index (χ4v) is 3.15. The fourth-order valence-electron chi connectivity index (χ4n) is 3.15. The molecule has 6 nitrogen and oxygen atoms in total. The zero-order valence-electron chi connectivity index (χ0n) is 15.5. The second-order valence-corrected chi connectivity index (χ2v) is 6.59. The van der Waals surface area contributed by atoms with Crippen LogP contribution in [0.4, 0.5) is 5.69 Å². The lowest BCUT2D eigenvalue weighted by molar-refractivity contribution is -0.384. The minimum Gasteiger partial charge on any atom is -0.258 e. The van der Waals surface area contributed by atoms with E-state index in [-0.39, 0.29) is 10.6 Å². The molecule has 27 heavy (non-hydrogen) atoms. The molecule has 0 saturated carbocycles. The van der Waals surface area contributed by atoms with Crippen molar-refractivity contribution in [1.29, 1.82) is 0 Å². The van der Waals surface area contributed by atoms with Crippen molar-refractivity contribution in [3.8, 4) is 22.5 Å². The fraction of sp³-hybridized carbons (Fsp3) is 0.333. The molecule has 6 heteroatoms. The average molecular weight is 364 g/mol. The molecule has 0 bridgehead atoms. The first-order valence-corrected chi connectivity index (χ1v) is 9.44. The van der Waals surface area contributed by atoms with Gasteiger partial charge < -0.3 is 0 Å². The number of non-ortho nitro benzene ring substituents is 1. The zero-order chi connectivity index (χ0) is 19.1. The Bertz CT molecular complexity index is 873. The molecule has 0 spiro atoms. The van der Waals surface area contributed by atoms with Crippen LogP contribution in [0.5, 0.6) is 0 Å². The Labute approximate surface area is 159 Å². The Balaban J connectivity index is 1.92. The number of hydrogen-bond donors (Lipinski definition) is 0. The molecule has 0 unspecified atom stereocenters. The first kappa shape index (κ1) is 18.8. The molecule has 0 fully saturated rings. The van der Waals surface area contributed by atoms with E-state index in [1.165, 1.54) is 31.4 Å². The van der Waals surface area contributed by atoms with Crippen LogP contribution < -0.4 is 0 Å². The SMILES string of the molecule is CCCCCCCn1nnc(-c2ccccc2)c1-c1ccc([N+](=O)[O-])cc1. The number of benzene rings is 2.